The number of hydrogen-bond donors (Lipinski definition) is 2. The van der Waals surface area contributed by atoms with Gasteiger partial charge in [0.2, 0.25) is 0 Å². The molecule has 1 fully saturated rings. The summed E-state index contributed by atoms with van der Waals surface area (Å²) < 4.78 is 24.1. The Morgan fingerprint density at radius 1 is 1.03 bits per heavy atom. The number of anilines is 2. The number of carbonyl (C=O) groups excluding carboxylic acids is 4. The minimum atomic E-state index is -0.902. The first-order valence-electron chi connectivity index (χ1n) is 11.4. The van der Waals surface area contributed by atoms with Crippen LogP contribution in [0.25, 0.3) is 6.08 Å². The van der Waals surface area contributed by atoms with Gasteiger partial charge in [-0.3, -0.25) is 19.7 Å². The van der Waals surface area contributed by atoms with E-state index in [1.807, 2.05) is 6.92 Å². The number of carbonyl (C=O) groups is 4. The molecule has 4 rings (SSSR count). The van der Waals surface area contributed by atoms with E-state index in [1.165, 1.54) is 60.7 Å². The van der Waals surface area contributed by atoms with E-state index in [0.717, 1.165) is 4.90 Å². The third kappa shape index (κ3) is 6.16. The molecule has 2 N–H and O–H groups in total. The highest BCUT2D eigenvalue weighted by molar-refractivity contribution is 6.39. The van der Waals surface area contributed by atoms with Crippen molar-refractivity contribution < 1.29 is 33.0 Å². The molecule has 0 radical (unpaired) electrons. The number of urea groups is 1. The second kappa shape index (κ2) is 11.6. The van der Waals surface area contributed by atoms with Crippen LogP contribution in [0.15, 0.2) is 72.3 Å². The van der Waals surface area contributed by atoms with Crippen LogP contribution < -0.4 is 25.0 Å². The first-order valence-corrected chi connectivity index (χ1v) is 11.7. The Morgan fingerprint density at radius 3 is 2.42 bits per heavy atom. The van der Waals surface area contributed by atoms with Gasteiger partial charge in [0.15, 0.2) is 6.61 Å². The number of imide groups is 2. The van der Waals surface area contributed by atoms with Crippen LogP contribution in [0.5, 0.6) is 11.5 Å². The number of nitrogens with one attached hydrogen (secondary N) is 2. The molecule has 11 heteroatoms. The Balaban J connectivity index is 1.56. The summed E-state index contributed by atoms with van der Waals surface area (Å²) in [5.74, 6) is -2.02. The first-order chi connectivity index (χ1) is 18.2. The molecule has 0 spiro atoms. The molecule has 1 heterocycles. The molecular formula is C27H21ClFN3O6. The molecule has 9 nitrogen and oxygen atoms in total. The fourth-order valence-electron chi connectivity index (χ4n) is 3.54. The molecule has 3 aromatic carbocycles. The standard InChI is InChI=1S/C27H21ClFN3O6/c1-2-37-21-10-8-20(9-11-21)32-26(35)22(25(34)31-27(32)36)14-16-13-17(28)3-12-23(16)38-15-24(33)30-19-6-4-18(29)5-7-19/h3-14H,2,15H2,1H3,(H,30,33)(H,31,34,36)/b22-14+. The summed E-state index contributed by atoms with van der Waals surface area (Å²) in [5, 5.41) is 4.99. The van der Waals surface area contributed by atoms with Gasteiger partial charge in [-0.05, 0) is 79.7 Å². The Bertz CT molecular complexity index is 1420. The van der Waals surface area contributed by atoms with E-state index < -0.39 is 36.2 Å². The molecule has 0 unspecified atom stereocenters. The van der Waals surface area contributed by atoms with Crippen LogP contribution in [0.2, 0.25) is 5.02 Å². The molecule has 1 aliphatic rings. The zero-order valence-electron chi connectivity index (χ0n) is 20.0. The minimum Gasteiger partial charge on any atom is -0.494 e. The van der Waals surface area contributed by atoms with E-state index in [-0.39, 0.29) is 27.6 Å². The lowest BCUT2D eigenvalue weighted by molar-refractivity contribution is -0.122. The topological polar surface area (TPSA) is 114 Å². The van der Waals surface area contributed by atoms with Crippen molar-refractivity contribution in [3.8, 4) is 11.5 Å². The van der Waals surface area contributed by atoms with E-state index in [9.17, 15) is 23.6 Å². The summed E-state index contributed by atoms with van der Waals surface area (Å²) in [5.41, 5.74) is 0.490. The van der Waals surface area contributed by atoms with Crippen molar-refractivity contribution >= 4 is 52.8 Å². The van der Waals surface area contributed by atoms with Crippen molar-refractivity contribution in [1.29, 1.82) is 0 Å². The number of ether oxygens (including phenoxy) is 2. The lowest BCUT2D eigenvalue weighted by atomic mass is 10.1. The van der Waals surface area contributed by atoms with Gasteiger partial charge in [0.25, 0.3) is 17.7 Å². The van der Waals surface area contributed by atoms with Crippen LogP contribution in [-0.2, 0) is 14.4 Å². The highest BCUT2D eigenvalue weighted by Gasteiger charge is 2.37. The Morgan fingerprint density at radius 2 is 1.74 bits per heavy atom. The average Bonchev–Trinajstić information content (AvgIpc) is 2.88. The molecule has 0 saturated carbocycles. The fourth-order valence-corrected chi connectivity index (χ4v) is 3.72. The maximum atomic E-state index is 13.2. The van der Waals surface area contributed by atoms with Gasteiger partial charge in [-0.25, -0.2) is 14.1 Å². The van der Waals surface area contributed by atoms with Gasteiger partial charge in [-0.15, -0.1) is 0 Å². The van der Waals surface area contributed by atoms with Crippen molar-refractivity contribution in [2.75, 3.05) is 23.4 Å². The number of benzene rings is 3. The van der Waals surface area contributed by atoms with E-state index in [1.54, 1.807) is 12.1 Å². The molecule has 3 aromatic rings. The van der Waals surface area contributed by atoms with E-state index in [4.69, 9.17) is 21.1 Å². The summed E-state index contributed by atoms with van der Waals surface area (Å²) >= 11 is 6.12. The zero-order valence-corrected chi connectivity index (χ0v) is 20.8. The van der Waals surface area contributed by atoms with Crippen LogP contribution in [0.4, 0.5) is 20.6 Å². The molecule has 0 aromatic heterocycles. The third-order valence-electron chi connectivity index (χ3n) is 5.27. The van der Waals surface area contributed by atoms with Crippen molar-refractivity contribution in [2.45, 2.75) is 6.92 Å². The molecule has 194 valence electrons. The normalized spacial score (nSPS) is 14.3. The first kappa shape index (κ1) is 26.4. The van der Waals surface area contributed by atoms with Gasteiger partial charge in [0, 0.05) is 16.3 Å². The number of hydrogen-bond acceptors (Lipinski definition) is 6. The monoisotopic (exact) mass is 537 g/mol. The summed E-state index contributed by atoms with van der Waals surface area (Å²) in [4.78, 5) is 51.4. The lowest BCUT2D eigenvalue weighted by Gasteiger charge is -2.26. The van der Waals surface area contributed by atoms with Crippen LogP contribution in [-0.4, -0.2) is 37.0 Å². The summed E-state index contributed by atoms with van der Waals surface area (Å²) in [6, 6.07) is 15.0. The summed E-state index contributed by atoms with van der Waals surface area (Å²) in [6.45, 7) is 1.85. The van der Waals surface area contributed by atoms with Crippen molar-refractivity contribution in [1.82, 2.24) is 5.32 Å². The maximum Gasteiger partial charge on any atom is 0.335 e. The number of nitrogens with zero attached hydrogens (tertiary/aromatic N) is 1. The highest BCUT2D eigenvalue weighted by atomic mass is 35.5. The van der Waals surface area contributed by atoms with Crippen LogP contribution >= 0.6 is 11.6 Å². The van der Waals surface area contributed by atoms with E-state index in [2.05, 4.69) is 10.6 Å². The average molecular weight is 538 g/mol. The second-order valence-corrected chi connectivity index (χ2v) is 8.35. The quantitative estimate of drug-likeness (QED) is 0.321. The second-order valence-electron chi connectivity index (χ2n) is 7.91. The largest absolute Gasteiger partial charge is 0.494 e. The van der Waals surface area contributed by atoms with Gasteiger partial charge in [0.05, 0.1) is 12.3 Å². The van der Waals surface area contributed by atoms with Crippen LogP contribution in [0.1, 0.15) is 12.5 Å². The zero-order chi connectivity index (χ0) is 27.2. The van der Waals surface area contributed by atoms with Gasteiger partial charge in [-0.2, -0.15) is 0 Å². The van der Waals surface area contributed by atoms with E-state index in [0.29, 0.717) is 18.0 Å². The molecule has 0 bridgehead atoms. The molecular weight excluding hydrogens is 517 g/mol. The third-order valence-corrected chi connectivity index (χ3v) is 5.50. The number of halogens is 2. The van der Waals surface area contributed by atoms with E-state index >= 15 is 0 Å². The molecule has 5 amide bonds. The van der Waals surface area contributed by atoms with Gasteiger partial charge >= 0.3 is 6.03 Å². The molecule has 0 atom stereocenters. The predicted octanol–water partition coefficient (Wildman–Crippen LogP) is 4.56. The lowest BCUT2D eigenvalue weighted by Crippen LogP contribution is -2.54. The number of amides is 5. The molecule has 1 aliphatic heterocycles. The van der Waals surface area contributed by atoms with Gasteiger partial charge in [-0.1, -0.05) is 11.6 Å². The fraction of sp³-hybridized carbons (Fsp3) is 0.111. The van der Waals surface area contributed by atoms with Crippen LogP contribution in [0.3, 0.4) is 0 Å². The predicted molar refractivity (Wildman–Crippen MR) is 139 cm³/mol. The minimum absolute atomic E-state index is 0.154. The molecule has 0 aliphatic carbocycles. The van der Waals surface area contributed by atoms with Crippen molar-refractivity contribution in [2.24, 2.45) is 0 Å². The van der Waals surface area contributed by atoms with Gasteiger partial charge < -0.3 is 14.8 Å². The Kier molecular flexibility index (Phi) is 8.03. The molecule has 38 heavy (non-hydrogen) atoms. The highest BCUT2D eigenvalue weighted by Crippen LogP contribution is 2.28. The van der Waals surface area contributed by atoms with Crippen molar-refractivity contribution in [3.63, 3.8) is 0 Å². The number of rotatable bonds is 8. The van der Waals surface area contributed by atoms with Crippen LogP contribution in [0, 0.1) is 5.82 Å². The van der Waals surface area contributed by atoms with Crippen molar-refractivity contribution in [3.05, 3.63) is 88.7 Å². The Labute approximate surface area is 221 Å². The Hall–Kier alpha value is -4.70. The smallest absolute Gasteiger partial charge is 0.335 e. The van der Waals surface area contributed by atoms with Gasteiger partial charge in [0.1, 0.15) is 22.9 Å². The molecule has 1 saturated heterocycles. The summed E-state index contributed by atoms with van der Waals surface area (Å²) in [6.07, 6.45) is 1.23. The maximum absolute atomic E-state index is 13.2. The summed E-state index contributed by atoms with van der Waals surface area (Å²) in [7, 11) is 0. The SMILES string of the molecule is CCOc1ccc(N2C(=O)NC(=O)/C(=C\c3cc(Cl)ccc3OCC(=O)Nc3ccc(F)cc3)C2=O)cc1. The number of barbiturate groups is 1.